The van der Waals surface area contributed by atoms with Gasteiger partial charge < -0.3 is 10.2 Å². The van der Waals surface area contributed by atoms with Crippen molar-refractivity contribution in [3.63, 3.8) is 0 Å². The fourth-order valence-corrected chi connectivity index (χ4v) is 5.37. The normalized spacial score (nSPS) is 20.8. The van der Waals surface area contributed by atoms with Crippen molar-refractivity contribution in [2.24, 2.45) is 11.8 Å². The third kappa shape index (κ3) is 5.33. The summed E-state index contributed by atoms with van der Waals surface area (Å²) in [6.45, 7) is 8.05. The van der Waals surface area contributed by atoms with Gasteiger partial charge in [-0.15, -0.1) is 0 Å². The van der Waals surface area contributed by atoms with E-state index in [4.69, 9.17) is 11.6 Å². The van der Waals surface area contributed by atoms with Crippen molar-refractivity contribution in [1.82, 2.24) is 4.90 Å². The van der Waals surface area contributed by atoms with Crippen molar-refractivity contribution in [3.8, 4) is 0 Å². The highest BCUT2D eigenvalue weighted by Crippen LogP contribution is 2.37. The Hall–Kier alpha value is -2.26. The monoisotopic (exact) mass is 436 g/mol. The van der Waals surface area contributed by atoms with E-state index in [-0.39, 0.29) is 5.91 Å². The number of benzene rings is 2. The van der Waals surface area contributed by atoms with E-state index in [1.165, 1.54) is 36.8 Å². The second-order valence-electron chi connectivity index (χ2n) is 9.11. The first kappa shape index (κ1) is 22.0. The van der Waals surface area contributed by atoms with Crippen LogP contribution in [0.2, 0.25) is 5.02 Å². The third-order valence-electron chi connectivity index (χ3n) is 6.95. The summed E-state index contributed by atoms with van der Waals surface area (Å²) < 4.78 is 0. The van der Waals surface area contributed by atoms with Gasteiger partial charge in [-0.3, -0.25) is 4.79 Å². The summed E-state index contributed by atoms with van der Waals surface area (Å²) in [6.07, 6.45) is 8.17. The molecule has 1 saturated carbocycles. The van der Waals surface area contributed by atoms with Gasteiger partial charge in [0, 0.05) is 30.9 Å². The maximum atomic E-state index is 13.1. The number of fused-ring (bicyclic) bond motifs is 1. The van der Waals surface area contributed by atoms with Gasteiger partial charge in [-0.05, 0) is 60.4 Å². The molecule has 0 radical (unpaired) electrons. The Bertz CT molecular complexity index is 937. The van der Waals surface area contributed by atoms with Crippen LogP contribution in [-0.4, -0.2) is 23.9 Å². The van der Waals surface area contributed by atoms with Crippen molar-refractivity contribution in [3.05, 3.63) is 76.5 Å². The lowest BCUT2D eigenvalue weighted by atomic mass is 9.75. The molecule has 2 aromatic carbocycles. The van der Waals surface area contributed by atoms with Crippen molar-refractivity contribution in [2.45, 2.75) is 51.9 Å². The van der Waals surface area contributed by atoms with Crippen molar-refractivity contribution >= 4 is 23.2 Å². The highest BCUT2D eigenvalue weighted by atomic mass is 35.5. The van der Waals surface area contributed by atoms with Crippen LogP contribution >= 0.6 is 11.6 Å². The average molecular weight is 437 g/mol. The number of piperidine rings is 1. The number of halogens is 1. The molecule has 4 rings (SSSR count). The molecule has 2 aromatic rings. The van der Waals surface area contributed by atoms with Crippen LogP contribution in [0.1, 0.15) is 60.5 Å². The highest BCUT2D eigenvalue weighted by molar-refractivity contribution is 6.34. The zero-order chi connectivity index (χ0) is 21.8. The minimum absolute atomic E-state index is 0.0652. The van der Waals surface area contributed by atoms with Gasteiger partial charge >= 0.3 is 0 Å². The molecule has 1 aliphatic carbocycles. The maximum absolute atomic E-state index is 13.1. The predicted octanol–water partition coefficient (Wildman–Crippen LogP) is 6.72. The molecule has 1 aliphatic heterocycles. The molecule has 0 spiro atoms. The molecule has 31 heavy (non-hydrogen) atoms. The summed E-state index contributed by atoms with van der Waals surface area (Å²) in [6, 6.07) is 14.2. The molecule has 2 unspecified atom stereocenters. The predicted molar refractivity (Wildman–Crippen MR) is 130 cm³/mol. The Labute approximate surface area is 191 Å². The number of carbonyl (C=O) groups excluding carboxylic acids is 1. The summed E-state index contributed by atoms with van der Waals surface area (Å²) in [5.41, 5.74) is 4.92. The van der Waals surface area contributed by atoms with E-state index < -0.39 is 0 Å². The van der Waals surface area contributed by atoms with Crippen LogP contribution in [-0.2, 0) is 12.8 Å². The molecular formula is C27H33ClN2O. The molecule has 4 heteroatoms. The fraction of sp³-hybridized carbons (Fsp3) is 0.444. The van der Waals surface area contributed by atoms with Gasteiger partial charge in [0.1, 0.15) is 0 Å². The van der Waals surface area contributed by atoms with Crippen LogP contribution in [0.15, 0.2) is 54.7 Å². The van der Waals surface area contributed by atoms with Crippen LogP contribution in [0.5, 0.6) is 0 Å². The number of anilines is 1. The number of carbonyl (C=O) groups is 1. The number of allylic oxidation sites excluding steroid dienone is 1. The van der Waals surface area contributed by atoms with Crippen molar-refractivity contribution in [1.29, 1.82) is 0 Å². The molecule has 2 aliphatic rings. The number of aryl methyl sites for hydroxylation is 1. The summed E-state index contributed by atoms with van der Waals surface area (Å²) in [4.78, 5) is 15.1. The Morgan fingerprint density at radius 3 is 2.48 bits per heavy atom. The molecule has 1 saturated heterocycles. The molecule has 0 aromatic heterocycles. The van der Waals surface area contributed by atoms with Gasteiger partial charge in [-0.2, -0.15) is 0 Å². The van der Waals surface area contributed by atoms with Gasteiger partial charge in [0.05, 0.1) is 10.6 Å². The summed E-state index contributed by atoms with van der Waals surface area (Å²) in [5.74, 6) is 1.54. The molecular weight excluding hydrogens is 404 g/mol. The summed E-state index contributed by atoms with van der Waals surface area (Å²) >= 11 is 6.54. The van der Waals surface area contributed by atoms with Crippen molar-refractivity contribution in [2.75, 3.05) is 18.4 Å². The minimum atomic E-state index is 0.0652. The van der Waals surface area contributed by atoms with E-state index in [2.05, 4.69) is 43.1 Å². The number of amides is 1. The van der Waals surface area contributed by atoms with Gasteiger partial charge in [0.2, 0.25) is 0 Å². The molecule has 1 amide bonds. The van der Waals surface area contributed by atoms with Crippen LogP contribution in [0.3, 0.4) is 0 Å². The largest absolute Gasteiger partial charge is 0.359 e. The number of hydrogen-bond acceptors (Lipinski definition) is 2. The first-order chi connectivity index (χ1) is 15.0. The fourth-order valence-electron chi connectivity index (χ4n) is 5.11. The Morgan fingerprint density at radius 2 is 1.77 bits per heavy atom. The number of rotatable bonds is 6. The highest BCUT2D eigenvalue weighted by Gasteiger charge is 2.33. The second kappa shape index (κ2) is 9.91. The summed E-state index contributed by atoms with van der Waals surface area (Å²) in [7, 11) is 0. The van der Waals surface area contributed by atoms with Crippen LogP contribution in [0.4, 0.5) is 5.69 Å². The zero-order valence-electron chi connectivity index (χ0n) is 18.5. The third-order valence-corrected chi connectivity index (χ3v) is 7.26. The van der Waals surface area contributed by atoms with Crippen LogP contribution in [0.25, 0.3) is 0 Å². The zero-order valence-corrected chi connectivity index (χ0v) is 19.3. The van der Waals surface area contributed by atoms with E-state index in [0.717, 1.165) is 49.7 Å². The average Bonchev–Trinajstić information content (AvgIpc) is 2.79. The quantitative estimate of drug-likeness (QED) is 0.544. The van der Waals surface area contributed by atoms with Crippen molar-refractivity contribution < 1.29 is 4.79 Å². The van der Waals surface area contributed by atoms with Gasteiger partial charge in [-0.25, -0.2) is 0 Å². The number of nitrogens with zero attached hydrogens (tertiary/aromatic N) is 1. The standard InChI is InChI=1S/C27H33ClN2O/c1-3-20-8-10-21(11-9-20)16-19(2)29-24-12-13-25(26(28)17-24)27(31)30-15-14-22-6-4-5-7-23(22)18-30/h8-13,17,22-23,29H,2-7,14-16,18H2,1H3. The molecule has 3 nitrogen and oxygen atoms in total. The van der Waals surface area contributed by atoms with Gasteiger partial charge in [0.15, 0.2) is 0 Å². The van der Waals surface area contributed by atoms with E-state index in [1.807, 2.05) is 23.1 Å². The molecule has 0 bridgehead atoms. The SMILES string of the molecule is C=C(Cc1ccc(CC)cc1)Nc1ccc(C(=O)N2CCC3CCCCC3C2)c(Cl)c1. The maximum Gasteiger partial charge on any atom is 0.255 e. The van der Waals surface area contributed by atoms with E-state index in [0.29, 0.717) is 16.5 Å². The van der Waals surface area contributed by atoms with Crippen LogP contribution < -0.4 is 5.32 Å². The lowest BCUT2D eigenvalue weighted by Gasteiger charge is -2.41. The second-order valence-corrected chi connectivity index (χ2v) is 9.52. The van der Waals surface area contributed by atoms with Crippen LogP contribution in [0, 0.1) is 11.8 Å². The smallest absolute Gasteiger partial charge is 0.255 e. The van der Waals surface area contributed by atoms with E-state index >= 15 is 0 Å². The number of nitrogens with one attached hydrogen (secondary N) is 1. The molecule has 2 atom stereocenters. The number of hydrogen-bond donors (Lipinski definition) is 1. The lowest BCUT2D eigenvalue weighted by Crippen LogP contribution is -2.44. The topological polar surface area (TPSA) is 32.3 Å². The van der Waals surface area contributed by atoms with Gasteiger partial charge in [-0.1, -0.05) is 68.6 Å². The van der Waals surface area contributed by atoms with E-state index in [9.17, 15) is 4.79 Å². The molecule has 1 heterocycles. The number of likely N-dealkylation sites (tertiary alicyclic amines) is 1. The Kier molecular flexibility index (Phi) is 7.02. The van der Waals surface area contributed by atoms with Gasteiger partial charge in [0.25, 0.3) is 5.91 Å². The molecule has 164 valence electrons. The first-order valence-corrected chi connectivity index (χ1v) is 12.0. The minimum Gasteiger partial charge on any atom is -0.359 e. The first-order valence-electron chi connectivity index (χ1n) is 11.6. The Morgan fingerprint density at radius 1 is 1.06 bits per heavy atom. The lowest BCUT2D eigenvalue weighted by molar-refractivity contribution is 0.0521. The van der Waals surface area contributed by atoms with E-state index in [1.54, 1.807) is 0 Å². The molecule has 2 fully saturated rings. The summed E-state index contributed by atoms with van der Waals surface area (Å²) in [5, 5.41) is 3.84. The Balaban J connectivity index is 1.37. The molecule has 1 N–H and O–H groups in total.